The van der Waals surface area contributed by atoms with E-state index in [1.807, 2.05) is 26.0 Å². The molecule has 2 rings (SSSR count). The van der Waals surface area contributed by atoms with Gasteiger partial charge in [-0.1, -0.05) is 57.4 Å². The molecule has 1 fully saturated rings. The SMILES string of the molecule is C=Cc1cccc(C2CCC(=O)CC2)c1C=C.CC. The number of hydrogen-bond donors (Lipinski definition) is 0. The van der Waals surface area contributed by atoms with Crippen LogP contribution < -0.4 is 0 Å². The molecule has 0 atom stereocenters. The molecule has 0 radical (unpaired) electrons. The van der Waals surface area contributed by atoms with Gasteiger partial charge in [0.15, 0.2) is 0 Å². The molecule has 1 aromatic rings. The van der Waals surface area contributed by atoms with Crippen LogP contribution in [0.3, 0.4) is 0 Å². The number of hydrogen-bond acceptors (Lipinski definition) is 1. The fourth-order valence-corrected chi connectivity index (χ4v) is 2.62. The molecule has 1 heteroatoms. The number of benzene rings is 1. The van der Waals surface area contributed by atoms with Gasteiger partial charge < -0.3 is 0 Å². The lowest BCUT2D eigenvalue weighted by Gasteiger charge is -2.23. The Morgan fingerprint density at radius 2 is 1.74 bits per heavy atom. The number of ketones is 1. The van der Waals surface area contributed by atoms with E-state index in [1.165, 1.54) is 11.1 Å². The van der Waals surface area contributed by atoms with Crippen LogP contribution >= 0.6 is 0 Å². The van der Waals surface area contributed by atoms with Gasteiger partial charge in [-0.15, -0.1) is 0 Å². The molecule has 1 aliphatic carbocycles. The Balaban J connectivity index is 0.000000861. The van der Waals surface area contributed by atoms with Gasteiger partial charge in [-0.3, -0.25) is 4.79 Å². The van der Waals surface area contributed by atoms with Crippen LogP contribution in [0, 0.1) is 0 Å². The van der Waals surface area contributed by atoms with Crippen molar-refractivity contribution < 1.29 is 4.79 Å². The summed E-state index contributed by atoms with van der Waals surface area (Å²) in [4.78, 5) is 11.3. The zero-order valence-corrected chi connectivity index (χ0v) is 12.1. The lowest BCUT2D eigenvalue weighted by molar-refractivity contribution is -0.120. The molecule has 0 aliphatic heterocycles. The van der Waals surface area contributed by atoms with Gasteiger partial charge in [0.1, 0.15) is 5.78 Å². The molecule has 102 valence electrons. The highest BCUT2D eigenvalue weighted by Crippen LogP contribution is 2.34. The number of Topliss-reactive ketones (excluding diaryl/α,β-unsaturated/α-hetero) is 1. The average molecular weight is 256 g/mol. The Morgan fingerprint density at radius 3 is 2.26 bits per heavy atom. The number of rotatable bonds is 3. The Hall–Kier alpha value is -1.63. The molecule has 19 heavy (non-hydrogen) atoms. The minimum atomic E-state index is 0.404. The molecule has 0 N–H and O–H groups in total. The van der Waals surface area contributed by atoms with Gasteiger partial charge in [0.05, 0.1) is 0 Å². The molecule has 1 nitrogen and oxygen atoms in total. The molecule has 0 saturated heterocycles. The van der Waals surface area contributed by atoms with E-state index in [1.54, 1.807) is 0 Å². The van der Waals surface area contributed by atoms with Gasteiger partial charge in [-0.2, -0.15) is 0 Å². The second-order valence-electron chi connectivity index (χ2n) is 4.57. The Labute approximate surface area is 117 Å². The maximum atomic E-state index is 11.3. The van der Waals surface area contributed by atoms with E-state index in [-0.39, 0.29) is 0 Å². The second-order valence-corrected chi connectivity index (χ2v) is 4.57. The molecular weight excluding hydrogens is 232 g/mol. The molecule has 0 spiro atoms. The summed E-state index contributed by atoms with van der Waals surface area (Å²) in [5.41, 5.74) is 3.64. The van der Waals surface area contributed by atoms with Crippen molar-refractivity contribution in [1.29, 1.82) is 0 Å². The average Bonchev–Trinajstić information content (AvgIpc) is 2.49. The standard InChI is InChI=1S/C16H18O.C2H6/c1-3-12-6-5-7-16(15(12)4-2)13-8-10-14(17)11-9-13;1-2/h3-7,13H,1-2,8-11H2;1-2H3. The van der Waals surface area contributed by atoms with Crippen molar-refractivity contribution in [3.8, 4) is 0 Å². The third-order valence-electron chi connectivity index (χ3n) is 3.58. The summed E-state index contributed by atoms with van der Waals surface area (Å²) in [6.45, 7) is 11.7. The first-order chi connectivity index (χ1) is 9.26. The van der Waals surface area contributed by atoms with Gasteiger partial charge in [0.2, 0.25) is 0 Å². The van der Waals surface area contributed by atoms with E-state index >= 15 is 0 Å². The van der Waals surface area contributed by atoms with Crippen molar-refractivity contribution in [2.45, 2.75) is 45.4 Å². The largest absolute Gasteiger partial charge is 0.300 e. The van der Waals surface area contributed by atoms with Crippen molar-refractivity contribution in [3.05, 3.63) is 48.0 Å². The summed E-state index contributed by atoms with van der Waals surface area (Å²) < 4.78 is 0. The van der Waals surface area contributed by atoms with Gasteiger partial charge in [-0.25, -0.2) is 0 Å². The summed E-state index contributed by atoms with van der Waals surface area (Å²) >= 11 is 0. The van der Waals surface area contributed by atoms with Gasteiger partial charge in [0, 0.05) is 12.8 Å². The van der Waals surface area contributed by atoms with Crippen LogP contribution in [0.5, 0.6) is 0 Å². The number of carbonyl (C=O) groups excluding carboxylic acids is 1. The third-order valence-corrected chi connectivity index (χ3v) is 3.58. The summed E-state index contributed by atoms with van der Waals surface area (Å²) in [5.74, 6) is 0.905. The topological polar surface area (TPSA) is 17.1 Å². The van der Waals surface area contributed by atoms with Crippen LogP contribution in [-0.2, 0) is 4.79 Å². The van der Waals surface area contributed by atoms with Gasteiger partial charge >= 0.3 is 0 Å². The summed E-state index contributed by atoms with van der Waals surface area (Å²) in [6.07, 6.45) is 7.16. The van der Waals surface area contributed by atoms with E-state index in [0.717, 1.165) is 31.2 Å². The molecule has 0 heterocycles. The third kappa shape index (κ3) is 3.66. The predicted octanol–water partition coefficient (Wildman–Crippen LogP) is 5.23. The first-order valence-corrected chi connectivity index (χ1v) is 7.15. The normalized spacial score (nSPS) is 15.4. The molecule has 1 saturated carbocycles. The lowest BCUT2D eigenvalue weighted by Crippen LogP contribution is -2.13. The maximum Gasteiger partial charge on any atom is 0.132 e. The Morgan fingerprint density at radius 1 is 1.11 bits per heavy atom. The van der Waals surface area contributed by atoms with E-state index in [4.69, 9.17) is 0 Å². The van der Waals surface area contributed by atoms with Crippen LogP contribution in [0.25, 0.3) is 12.2 Å². The highest BCUT2D eigenvalue weighted by molar-refractivity contribution is 5.79. The van der Waals surface area contributed by atoms with Crippen molar-refractivity contribution in [3.63, 3.8) is 0 Å². The van der Waals surface area contributed by atoms with Crippen molar-refractivity contribution in [1.82, 2.24) is 0 Å². The van der Waals surface area contributed by atoms with E-state index in [2.05, 4.69) is 31.4 Å². The van der Waals surface area contributed by atoms with Gasteiger partial charge in [0.25, 0.3) is 0 Å². The quantitative estimate of drug-likeness (QED) is 0.724. The predicted molar refractivity (Wildman–Crippen MR) is 84.2 cm³/mol. The minimum Gasteiger partial charge on any atom is -0.300 e. The molecule has 1 aliphatic rings. The van der Waals surface area contributed by atoms with Crippen LogP contribution in [0.15, 0.2) is 31.4 Å². The fraction of sp³-hybridized carbons (Fsp3) is 0.389. The molecule has 0 aromatic heterocycles. The van der Waals surface area contributed by atoms with Crippen LogP contribution in [-0.4, -0.2) is 5.78 Å². The van der Waals surface area contributed by atoms with E-state index in [0.29, 0.717) is 11.7 Å². The maximum absolute atomic E-state index is 11.3. The van der Waals surface area contributed by atoms with Crippen LogP contribution in [0.1, 0.15) is 62.1 Å². The zero-order valence-electron chi connectivity index (χ0n) is 12.1. The van der Waals surface area contributed by atoms with Crippen molar-refractivity contribution >= 4 is 17.9 Å². The Kier molecular flexibility index (Phi) is 6.27. The highest BCUT2D eigenvalue weighted by Gasteiger charge is 2.22. The smallest absolute Gasteiger partial charge is 0.132 e. The highest BCUT2D eigenvalue weighted by atomic mass is 16.1. The minimum absolute atomic E-state index is 0.404. The first kappa shape index (κ1) is 15.4. The zero-order chi connectivity index (χ0) is 14.3. The second kappa shape index (κ2) is 7.73. The number of carbonyl (C=O) groups is 1. The van der Waals surface area contributed by atoms with E-state index < -0.39 is 0 Å². The van der Waals surface area contributed by atoms with Gasteiger partial charge in [-0.05, 0) is 35.4 Å². The molecule has 0 amide bonds. The van der Waals surface area contributed by atoms with E-state index in [9.17, 15) is 4.79 Å². The van der Waals surface area contributed by atoms with Crippen LogP contribution in [0.4, 0.5) is 0 Å². The first-order valence-electron chi connectivity index (χ1n) is 7.15. The molecule has 0 unspecified atom stereocenters. The fourth-order valence-electron chi connectivity index (χ4n) is 2.62. The lowest BCUT2D eigenvalue weighted by atomic mass is 9.80. The van der Waals surface area contributed by atoms with Crippen molar-refractivity contribution in [2.75, 3.05) is 0 Å². The molecule has 0 bridgehead atoms. The monoisotopic (exact) mass is 256 g/mol. The molecular formula is C18H24O. The summed E-state index contributed by atoms with van der Waals surface area (Å²) in [6, 6.07) is 6.28. The summed E-state index contributed by atoms with van der Waals surface area (Å²) in [7, 11) is 0. The van der Waals surface area contributed by atoms with Crippen LogP contribution in [0.2, 0.25) is 0 Å². The van der Waals surface area contributed by atoms with Crippen molar-refractivity contribution in [2.24, 2.45) is 0 Å². The Bertz CT molecular complexity index is 447. The summed E-state index contributed by atoms with van der Waals surface area (Å²) in [5, 5.41) is 0. The molecule has 1 aromatic carbocycles.